The van der Waals surface area contributed by atoms with Crippen LogP contribution >= 0.6 is 0 Å². The summed E-state index contributed by atoms with van der Waals surface area (Å²) < 4.78 is 5.13. The van der Waals surface area contributed by atoms with Gasteiger partial charge in [-0.15, -0.1) is 0 Å². The molecule has 1 atom stereocenters. The van der Waals surface area contributed by atoms with E-state index in [4.69, 9.17) is 10.5 Å². The Balaban J connectivity index is 2.09. The Morgan fingerprint density at radius 1 is 1.36 bits per heavy atom. The maximum Gasteiger partial charge on any atom is 0.241 e. The van der Waals surface area contributed by atoms with Crippen LogP contribution in [0.3, 0.4) is 0 Å². The topological polar surface area (TPSA) is 79.6 Å². The normalized spacial score (nSPS) is 17.3. The molecule has 1 amide bonds. The van der Waals surface area contributed by atoms with Crippen LogP contribution in [0, 0.1) is 5.92 Å². The molecule has 1 fully saturated rings. The summed E-state index contributed by atoms with van der Waals surface area (Å²) in [6.45, 7) is 7.78. The largest absolute Gasteiger partial charge is 0.495 e. The minimum absolute atomic E-state index is 0.0152. The summed E-state index contributed by atoms with van der Waals surface area (Å²) in [5.74, 6) is 0.871. The van der Waals surface area contributed by atoms with Crippen LogP contribution in [0.15, 0.2) is 18.2 Å². The highest BCUT2D eigenvalue weighted by molar-refractivity contribution is 5.95. The fourth-order valence-corrected chi connectivity index (χ4v) is 2.88. The maximum atomic E-state index is 12.7. The molecule has 1 aromatic rings. The van der Waals surface area contributed by atoms with E-state index in [1.54, 1.807) is 19.2 Å². The number of piperazine rings is 1. The third-order valence-electron chi connectivity index (χ3n) is 3.94. The van der Waals surface area contributed by atoms with Crippen molar-refractivity contribution in [3.05, 3.63) is 18.2 Å². The molecule has 0 spiro atoms. The summed E-state index contributed by atoms with van der Waals surface area (Å²) in [5.41, 5.74) is 7.11. The number of nitrogens with zero attached hydrogens (tertiary/aromatic N) is 1. The Morgan fingerprint density at radius 3 is 2.59 bits per heavy atom. The smallest absolute Gasteiger partial charge is 0.241 e. The number of rotatable bonds is 5. The predicted octanol–water partition coefficient (Wildman–Crippen LogP) is 1.15. The van der Waals surface area contributed by atoms with E-state index in [-0.39, 0.29) is 17.9 Å². The first-order valence-corrected chi connectivity index (χ1v) is 7.72. The lowest BCUT2D eigenvalue weighted by Crippen LogP contribution is -2.54. The number of amides is 1. The standard InChI is InChI=1S/C16H26N4O2/c1-11(2)15(20-8-6-18-7-9-20)16(21)19-12-4-5-14(22-3)13(17)10-12/h4-5,10-11,15,18H,6-9,17H2,1-3H3,(H,19,21). The Kier molecular flexibility index (Phi) is 5.63. The highest BCUT2D eigenvalue weighted by atomic mass is 16.5. The quantitative estimate of drug-likeness (QED) is 0.711. The minimum atomic E-state index is -0.134. The number of carbonyl (C=O) groups is 1. The van der Waals surface area contributed by atoms with Crippen molar-refractivity contribution in [2.24, 2.45) is 5.92 Å². The summed E-state index contributed by atoms with van der Waals surface area (Å²) in [5, 5.41) is 6.29. The summed E-state index contributed by atoms with van der Waals surface area (Å²) in [7, 11) is 1.57. The molecule has 1 aliphatic rings. The van der Waals surface area contributed by atoms with E-state index in [9.17, 15) is 4.79 Å². The van der Waals surface area contributed by atoms with Crippen molar-refractivity contribution in [3.8, 4) is 5.75 Å². The van der Waals surface area contributed by atoms with E-state index in [1.807, 2.05) is 6.07 Å². The lowest BCUT2D eigenvalue weighted by Gasteiger charge is -2.36. The first-order valence-electron chi connectivity index (χ1n) is 7.72. The van der Waals surface area contributed by atoms with Crippen molar-refractivity contribution < 1.29 is 9.53 Å². The van der Waals surface area contributed by atoms with Crippen LogP contribution in [0.25, 0.3) is 0 Å². The fourth-order valence-electron chi connectivity index (χ4n) is 2.88. The molecule has 1 unspecified atom stereocenters. The third kappa shape index (κ3) is 3.90. The zero-order valence-corrected chi connectivity index (χ0v) is 13.6. The number of ether oxygens (including phenoxy) is 1. The Morgan fingerprint density at radius 2 is 2.05 bits per heavy atom. The number of hydrogen-bond acceptors (Lipinski definition) is 5. The molecule has 2 rings (SSSR count). The van der Waals surface area contributed by atoms with Crippen LogP contribution in [0.1, 0.15) is 13.8 Å². The van der Waals surface area contributed by atoms with Gasteiger partial charge in [0, 0.05) is 31.9 Å². The van der Waals surface area contributed by atoms with Gasteiger partial charge in [-0.25, -0.2) is 0 Å². The zero-order chi connectivity index (χ0) is 16.1. The van der Waals surface area contributed by atoms with Crippen LogP contribution in [0.4, 0.5) is 11.4 Å². The number of methoxy groups -OCH3 is 1. The van der Waals surface area contributed by atoms with Gasteiger partial charge in [-0.1, -0.05) is 13.8 Å². The lowest BCUT2D eigenvalue weighted by atomic mass is 10.0. The van der Waals surface area contributed by atoms with E-state index in [2.05, 4.69) is 29.4 Å². The van der Waals surface area contributed by atoms with Gasteiger partial charge < -0.3 is 21.1 Å². The van der Waals surface area contributed by atoms with Gasteiger partial charge >= 0.3 is 0 Å². The molecule has 1 aliphatic heterocycles. The van der Waals surface area contributed by atoms with Gasteiger partial charge in [0.05, 0.1) is 18.8 Å². The molecule has 1 aromatic carbocycles. The van der Waals surface area contributed by atoms with Crippen molar-refractivity contribution >= 4 is 17.3 Å². The molecule has 6 heteroatoms. The molecule has 6 nitrogen and oxygen atoms in total. The van der Waals surface area contributed by atoms with Crippen LogP contribution in [-0.2, 0) is 4.79 Å². The van der Waals surface area contributed by atoms with Gasteiger partial charge in [-0.05, 0) is 24.1 Å². The minimum Gasteiger partial charge on any atom is -0.495 e. The maximum absolute atomic E-state index is 12.7. The van der Waals surface area contributed by atoms with Crippen molar-refractivity contribution in [1.82, 2.24) is 10.2 Å². The highest BCUT2D eigenvalue weighted by Gasteiger charge is 2.29. The lowest BCUT2D eigenvalue weighted by molar-refractivity contribution is -0.123. The molecule has 4 N–H and O–H groups in total. The van der Waals surface area contributed by atoms with Crippen LogP contribution in [0.5, 0.6) is 5.75 Å². The van der Waals surface area contributed by atoms with Crippen LogP contribution in [0.2, 0.25) is 0 Å². The zero-order valence-electron chi connectivity index (χ0n) is 13.6. The molecular formula is C16H26N4O2. The molecule has 0 saturated carbocycles. The van der Waals surface area contributed by atoms with E-state index in [0.29, 0.717) is 17.1 Å². The average Bonchev–Trinajstić information content (AvgIpc) is 2.48. The van der Waals surface area contributed by atoms with E-state index in [0.717, 1.165) is 26.2 Å². The molecule has 1 saturated heterocycles. The monoisotopic (exact) mass is 306 g/mol. The second-order valence-corrected chi connectivity index (χ2v) is 5.92. The van der Waals surface area contributed by atoms with Crippen molar-refractivity contribution in [1.29, 1.82) is 0 Å². The third-order valence-corrected chi connectivity index (χ3v) is 3.94. The van der Waals surface area contributed by atoms with Crippen LogP contribution in [-0.4, -0.2) is 50.1 Å². The first kappa shape index (κ1) is 16.6. The Hall–Kier alpha value is -1.79. The molecule has 122 valence electrons. The first-order chi connectivity index (χ1) is 10.5. The van der Waals surface area contributed by atoms with Gasteiger partial charge in [0.25, 0.3) is 0 Å². The van der Waals surface area contributed by atoms with Gasteiger partial charge in [-0.3, -0.25) is 9.69 Å². The molecule has 1 heterocycles. The highest BCUT2D eigenvalue weighted by Crippen LogP contribution is 2.25. The summed E-state index contributed by atoms with van der Waals surface area (Å²) in [6, 6.07) is 5.17. The number of anilines is 2. The summed E-state index contributed by atoms with van der Waals surface area (Å²) in [6.07, 6.45) is 0. The molecule has 0 aromatic heterocycles. The van der Waals surface area contributed by atoms with E-state index in [1.165, 1.54) is 0 Å². The second-order valence-electron chi connectivity index (χ2n) is 5.92. The van der Waals surface area contributed by atoms with Crippen molar-refractivity contribution in [2.75, 3.05) is 44.3 Å². The fraction of sp³-hybridized carbons (Fsp3) is 0.562. The molecule has 0 aliphatic carbocycles. The van der Waals surface area contributed by atoms with Crippen LogP contribution < -0.4 is 21.1 Å². The van der Waals surface area contributed by atoms with Crippen molar-refractivity contribution in [2.45, 2.75) is 19.9 Å². The summed E-state index contributed by atoms with van der Waals surface area (Å²) in [4.78, 5) is 14.9. The number of nitrogens with one attached hydrogen (secondary N) is 2. The number of carbonyl (C=O) groups excluding carboxylic acids is 1. The number of benzene rings is 1. The number of nitrogens with two attached hydrogens (primary N) is 1. The Labute approximate surface area is 132 Å². The van der Waals surface area contributed by atoms with Gasteiger partial charge in [-0.2, -0.15) is 0 Å². The Bertz CT molecular complexity index is 513. The predicted molar refractivity (Wildman–Crippen MR) is 89.1 cm³/mol. The molecule has 0 bridgehead atoms. The van der Waals surface area contributed by atoms with Crippen molar-refractivity contribution in [3.63, 3.8) is 0 Å². The average molecular weight is 306 g/mol. The SMILES string of the molecule is COc1ccc(NC(=O)C(C(C)C)N2CCNCC2)cc1N. The molecule has 22 heavy (non-hydrogen) atoms. The van der Waals surface area contributed by atoms with Gasteiger partial charge in [0.2, 0.25) is 5.91 Å². The van der Waals surface area contributed by atoms with E-state index >= 15 is 0 Å². The number of nitrogen functional groups attached to an aromatic ring is 1. The summed E-state index contributed by atoms with van der Waals surface area (Å²) >= 11 is 0. The second kappa shape index (κ2) is 7.47. The van der Waals surface area contributed by atoms with E-state index < -0.39 is 0 Å². The van der Waals surface area contributed by atoms with Gasteiger partial charge in [0.15, 0.2) is 0 Å². The number of hydrogen-bond donors (Lipinski definition) is 3. The molecular weight excluding hydrogens is 280 g/mol. The van der Waals surface area contributed by atoms with Gasteiger partial charge in [0.1, 0.15) is 5.75 Å². The molecule has 0 radical (unpaired) electrons.